The lowest BCUT2D eigenvalue weighted by atomic mass is 9.98. The number of benzene rings is 1. The number of likely N-dealkylation sites (tertiary alicyclic amines) is 1. The summed E-state index contributed by atoms with van der Waals surface area (Å²) in [5, 5.41) is 0. The van der Waals surface area contributed by atoms with Gasteiger partial charge in [0, 0.05) is 38.7 Å². The van der Waals surface area contributed by atoms with Crippen molar-refractivity contribution in [3.05, 3.63) is 18.2 Å². The van der Waals surface area contributed by atoms with Crippen LogP contribution in [0.1, 0.15) is 39.0 Å². The van der Waals surface area contributed by atoms with E-state index in [-0.39, 0.29) is 23.9 Å². The quantitative estimate of drug-likeness (QED) is 0.610. The van der Waals surface area contributed by atoms with Crippen LogP contribution in [0.25, 0.3) is 0 Å². The van der Waals surface area contributed by atoms with Crippen LogP contribution in [0, 0.1) is 5.92 Å². The lowest BCUT2D eigenvalue weighted by Gasteiger charge is -2.31. The first-order valence-electron chi connectivity index (χ1n) is 11.3. The molecule has 9 nitrogen and oxygen atoms in total. The lowest BCUT2D eigenvalue weighted by Crippen LogP contribution is -2.43. The standard InChI is InChI=1S/C22H30N2O7S/c1-16(21(25)23-9-2-3-10-23)31-22(26)17-7-11-24(12-8-17)32(27,28)18-5-6-19-20(15-18)30-14-4-13-29-19/h5-6,15-17H,2-4,7-14H2,1H3/t16-/m1/s1. The highest BCUT2D eigenvalue weighted by atomic mass is 32.2. The van der Waals surface area contributed by atoms with E-state index in [2.05, 4.69) is 0 Å². The Bertz CT molecular complexity index is 951. The summed E-state index contributed by atoms with van der Waals surface area (Å²) in [6, 6.07) is 4.65. The van der Waals surface area contributed by atoms with Gasteiger partial charge in [-0.1, -0.05) is 0 Å². The van der Waals surface area contributed by atoms with E-state index in [1.165, 1.54) is 16.4 Å². The van der Waals surface area contributed by atoms with Crippen molar-refractivity contribution in [3.8, 4) is 11.5 Å². The molecule has 3 aliphatic heterocycles. The van der Waals surface area contributed by atoms with Crippen LogP contribution in [0.2, 0.25) is 0 Å². The SMILES string of the molecule is C[C@@H](OC(=O)C1CCN(S(=O)(=O)c2ccc3c(c2)OCCCO3)CC1)C(=O)N1CCCC1. The normalized spacial score (nSPS) is 21.1. The molecule has 0 spiro atoms. The Labute approximate surface area is 188 Å². The fraction of sp³-hybridized carbons (Fsp3) is 0.636. The third kappa shape index (κ3) is 4.85. The molecule has 0 saturated carbocycles. The van der Waals surface area contributed by atoms with Gasteiger partial charge in [-0.3, -0.25) is 9.59 Å². The van der Waals surface area contributed by atoms with Crippen molar-refractivity contribution >= 4 is 21.9 Å². The smallest absolute Gasteiger partial charge is 0.309 e. The van der Waals surface area contributed by atoms with Crippen molar-refractivity contribution in [2.45, 2.75) is 50.0 Å². The van der Waals surface area contributed by atoms with Gasteiger partial charge in [-0.15, -0.1) is 0 Å². The predicted octanol–water partition coefficient (Wildman–Crippen LogP) is 1.80. The second-order valence-corrected chi connectivity index (χ2v) is 10.4. The number of sulfonamides is 1. The van der Waals surface area contributed by atoms with E-state index in [1.54, 1.807) is 17.9 Å². The fourth-order valence-electron chi connectivity index (χ4n) is 4.30. The number of esters is 1. The third-order valence-electron chi connectivity index (χ3n) is 6.20. The number of rotatable bonds is 5. The summed E-state index contributed by atoms with van der Waals surface area (Å²) in [6.07, 6.45) is 2.58. The Morgan fingerprint density at radius 1 is 1.00 bits per heavy atom. The minimum Gasteiger partial charge on any atom is -0.490 e. The zero-order chi connectivity index (χ0) is 22.7. The second kappa shape index (κ2) is 9.66. The Hall–Kier alpha value is -2.33. The molecule has 1 aromatic carbocycles. The number of hydrogen-bond acceptors (Lipinski definition) is 7. The number of carbonyl (C=O) groups is 2. The summed E-state index contributed by atoms with van der Waals surface area (Å²) < 4.78 is 44.2. The number of nitrogens with zero attached hydrogens (tertiary/aromatic N) is 2. The number of carbonyl (C=O) groups excluding carboxylic acids is 2. The van der Waals surface area contributed by atoms with Gasteiger partial charge < -0.3 is 19.1 Å². The van der Waals surface area contributed by atoms with Crippen molar-refractivity contribution in [1.82, 2.24) is 9.21 Å². The molecule has 2 fully saturated rings. The van der Waals surface area contributed by atoms with E-state index in [1.807, 2.05) is 0 Å². The number of amides is 1. The largest absolute Gasteiger partial charge is 0.490 e. The summed E-state index contributed by atoms with van der Waals surface area (Å²) in [5.41, 5.74) is 0. The van der Waals surface area contributed by atoms with Gasteiger partial charge in [0.2, 0.25) is 10.0 Å². The maximum atomic E-state index is 13.1. The van der Waals surface area contributed by atoms with Gasteiger partial charge in [-0.25, -0.2) is 8.42 Å². The number of hydrogen-bond donors (Lipinski definition) is 0. The van der Waals surface area contributed by atoms with E-state index in [9.17, 15) is 18.0 Å². The Balaban J connectivity index is 1.34. The molecule has 0 N–H and O–H groups in total. The molecule has 32 heavy (non-hydrogen) atoms. The molecule has 1 aromatic rings. The summed E-state index contributed by atoms with van der Waals surface area (Å²) >= 11 is 0. The predicted molar refractivity (Wildman–Crippen MR) is 115 cm³/mol. The Morgan fingerprint density at radius 3 is 2.34 bits per heavy atom. The molecular weight excluding hydrogens is 436 g/mol. The molecule has 3 aliphatic rings. The van der Waals surface area contributed by atoms with Crippen molar-refractivity contribution in [2.75, 3.05) is 39.4 Å². The zero-order valence-electron chi connectivity index (χ0n) is 18.3. The van der Waals surface area contributed by atoms with E-state index < -0.39 is 28.0 Å². The van der Waals surface area contributed by atoms with Crippen LogP contribution >= 0.6 is 0 Å². The topological polar surface area (TPSA) is 102 Å². The third-order valence-corrected chi connectivity index (χ3v) is 8.10. The first kappa shape index (κ1) is 22.8. The highest BCUT2D eigenvalue weighted by Gasteiger charge is 2.35. The minimum absolute atomic E-state index is 0.146. The molecule has 10 heteroatoms. The van der Waals surface area contributed by atoms with E-state index in [0.29, 0.717) is 50.6 Å². The molecule has 0 unspecified atom stereocenters. The molecule has 176 valence electrons. The first-order chi connectivity index (χ1) is 15.4. The Morgan fingerprint density at radius 2 is 1.66 bits per heavy atom. The maximum absolute atomic E-state index is 13.1. The zero-order valence-corrected chi connectivity index (χ0v) is 19.1. The van der Waals surface area contributed by atoms with Crippen molar-refractivity contribution in [2.24, 2.45) is 5.92 Å². The molecule has 4 rings (SSSR count). The molecule has 0 aromatic heterocycles. The number of fused-ring (bicyclic) bond motifs is 1. The molecule has 0 aliphatic carbocycles. The molecule has 0 radical (unpaired) electrons. The molecule has 3 heterocycles. The molecular formula is C22H30N2O7S. The van der Waals surface area contributed by atoms with Gasteiger partial charge in [0.05, 0.1) is 24.0 Å². The lowest BCUT2D eigenvalue weighted by molar-refractivity contribution is -0.163. The van der Waals surface area contributed by atoms with Gasteiger partial charge in [-0.05, 0) is 44.7 Å². The van der Waals surface area contributed by atoms with Crippen LogP contribution in [-0.4, -0.2) is 75.0 Å². The first-order valence-corrected chi connectivity index (χ1v) is 12.7. The van der Waals surface area contributed by atoms with E-state index in [0.717, 1.165) is 19.3 Å². The van der Waals surface area contributed by atoms with Crippen LogP contribution in [0.3, 0.4) is 0 Å². The average molecular weight is 467 g/mol. The van der Waals surface area contributed by atoms with E-state index in [4.69, 9.17) is 14.2 Å². The number of ether oxygens (including phenoxy) is 3. The van der Waals surface area contributed by atoms with Crippen molar-refractivity contribution < 1.29 is 32.2 Å². The fourth-order valence-corrected chi connectivity index (χ4v) is 5.79. The van der Waals surface area contributed by atoms with Gasteiger partial charge >= 0.3 is 5.97 Å². The highest BCUT2D eigenvalue weighted by Crippen LogP contribution is 2.34. The van der Waals surface area contributed by atoms with Gasteiger partial charge in [0.25, 0.3) is 5.91 Å². The van der Waals surface area contributed by atoms with E-state index >= 15 is 0 Å². The summed E-state index contributed by atoms with van der Waals surface area (Å²) in [4.78, 5) is 26.8. The highest BCUT2D eigenvalue weighted by molar-refractivity contribution is 7.89. The minimum atomic E-state index is -3.72. The molecule has 1 amide bonds. The van der Waals surface area contributed by atoms with Crippen LogP contribution < -0.4 is 9.47 Å². The van der Waals surface area contributed by atoms with Crippen molar-refractivity contribution in [3.63, 3.8) is 0 Å². The van der Waals surface area contributed by atoms with Crippen LogP contribution in [-0.2, 0) is 24.3 Å². The summed E-state index contributed by atoms with van der Waals surface area (Å²) in [6.45, 7) is 4.44. The van der Waals surface area contributed by atoms with Gasteiger partial charge in [0.1, 0.15) is 0 Å². The van der Waals surface area contributed by atoms with Crippen LogP contribution in [0.4, 0.5) is 0 Å². The number of piperidine rings is 1. The molecule has 0 bridgehead atoms. The summed E-state index contributed by atoms with van der Waals surface area (Å²) in [5.74, 6) is -0.0406. The maximum Gasteiger partial charge on any atom is 0.309 e. The Kier molecular flexibility index (Phi) is 6.90. The summed E-state index contributed by atoms with van der Waals surface area (Å²) in [7, 11) is -3.72. The second-order valence-electron chi connectivity index (χ2n) is 8.45. The average Bonchev–Trinajstić information content (AvgIpc) is 3.23. The molecule has 2 saturated heterocycles. The van der Waals surface area contributed by atoms with Gasteiger partial charge in [0.15, 0.2) is 17.6 Å². The van der Waals surface area contributed by atoms with Gasteiger partial charge in [-0.2, -0.15) is 4.31 Å². The molecule has 1 atom stereocenters. The van der Waals surface area contributed by atoms with Crippen LogP contribution in [0.5, 0.6) is 11.5 Å². The van der Waals surface area contributed by atoms with Crippen LogP contribution in [0.15, 0.2) is 23.1 Å². The van der Waals surface area contributed by atoms with Crippen molar-refractivity contribution in [1.29, 1.82) is 0 Å². The monoisotopic (exact) mass is 466 g/mol.